The van der Waals surface area contributed by atoms with Crippen LogP contribution in [-0.4, -0.2) is 23.5 Å². The number of carbonyl (C=O) groups is 1. The fraction of sp³-hybridized carbons (Fsp3) is 0.533. The summed E-state index contributed by atoms with van der Waals surface area (Å²) in [7, 11) is 0. The zero-order chi connectivity index (χ0) is 13.8. The Morgan fingerprint density at radius 3 is 2.63 bits per heavy atom. The molecule has 2 rings (SSSR count). The number of nitrogens with one attached hydrogen (secondary N) is 1. The van der Waals surface area contributed by atoms with E-state index in [9.17, 15) is 4.79 Å². The molecule has 0 aromatic heterocycles. The number of carbonyl (C=O) groups excluding carboxylic acids is 1. The van der Waals surface area contributed by atoms with Crippen molar-refractivity contribution in [1.82, 2.24) is 5.32 Å². The first-order valence-corrected chi connectivity index (χ1v) is 8.78. The smallest absolute Gasteiger partial charge is 0.252 e. The van der Waals surface area contributed by atoms with Crippen molar-refractivity contribution in [2.24, 2.45) is 0 Å². The van der Waals surface area contributed by atoms with Gasteiger partial charge in [0.1, 0.15) is 0 Å². The number of hydrogen-bond donors (Lipinski definition) is 1. The van der Waals surface area contributed by atoms with Gasteiger partial charge in [-0.15, -0.1) is 0 Å². The number of thioether (sulfide) groups is 1. The van der Waals surface area contributed by atoms with Crippen molar-refractivity contribution in [3.8, 4) is 0 Å². The van der Waals surface area contributed by atoms with Gasteiger partial charge in [0.25, 0.3) is 5.91 Å². The third-order valence-corrected chi connectivity index (χ3v) is 5.97. The molecular formula is C15H20BrNOS. The molecule has 0 bridgehead atoms. The average molecular weight is 342 g/mol. The molecule has 0 heterocycles. The third kappa shape index (κ3) is 3.76. The first-order valence-electron chi connectivity index (χ1n) is 6.70. The quantitative estimate of drug-likeness (QED) is 0.894. The summed E-state index contributed by atoms with van der Waals surface area (Å²) >= 11 is 5.45. The van der Waals surface area contributed by atoms with Crippen LogP contribution in [0.3, 0.4) is 0 Å². The lowest BCUT2D eigenvalue weighted by atomic mass is 9.94. The molecule has 1 aromatic carbocycles. The van der Waals surface area contributed by atoms with E-state index in [4.69, 9.17) is 0 Å². The molecule has 2 nitrogen and oxygen atoms in total. The SMILES string of the molecule is CSC1CCC(NC(=O)c2cccc(C)c2Br)CC1. The standard InChI is InChI=1S/C15H20BrNOS/c1-10-4-3-5-13(14(10)16)15(18)17-11-6-8-12(19-2)9-7-11/h3-5,11-12H,6-9H2,1-2H3,(H,17,18). The van der Waals surface area contributed by atoms with E-state index in [0.29, 0.717) is 6.04 Å². The van der Waals surface area contributed by atoms with Gasteiger partial charge in [0, 0.05) is 15.8 Å². The number of hydrogen-bond acceptors (Lipinski definition) is 2. The lowest BCUT2D eigenvalue weighted by Crippen LogP contribution is -2.38. The highest BCUT2D eigenvalue weighted by molar-refractivity contribution is 9.10. The van der Waals surface area contributed by atoms with E-state index < -0.39 is 0 Å². The number of halogens is 1. The highest BCUT2D eigenvalue weighted by Crippen LogP contribution is 2.27. The minimum Gasteiger partial charge on any atom is -0.349 e. The second-order valence-corrected chi connectivity index (χ2v) is 7.05. The zero-order valence-corrected chi connectivity index (χ0v) is 13.8. The Morgan fingerprint density at radius 1 is 1.32 bits per heavy atom. The molecule has 0 aliphatic heterocycles. The van der Waals surface area contributed by atoms with Crippen molar-refractivity contribution in [1.29, 1.82) is 0 Å². The monoisotopic (exact) mass is 341 g/mol. The maximum Gasteiger partial charge on any atom is 0.252 e. The van der Waals surface area contributed by atoms with E-state index >= 15 is 0 Å². The minimum absolute atomic E-state index is 0.0446. The largest absolute Gasteiger partial charge is 0.349 e. The Bertz CT molecular complexity index is 455. The molecule has 4 heteroatoms. The molecular weight excluding hydrogens is 322 g/mol. The second-order valence-electron chi connectivity index (χ2n) is 5.12. The fourth-order valence-electron chi connectivity index (χ4n) is 2.53. The first-order chi connectivity index (χ1) is 9.11. The summed E-state index contributed by atoms with van der Waals surface area (Å²) in [5.41, 5.74) is 1.84. The lowest BCUT2D eigenvalue weighted by Gasteiger charge is -2.28. The van der Waals surface area contributed by atoms with Crippen LogP contribution in [0.15, 0.2) is 22.7 Å². The molecule has 0 saturated heterocycles. The van der Waals surface area contributed by atoms with Crippen molar-refractivity contribution in [2.75, 3.05) is 6.26 Å². The van der Waals surface area contributed by atoms with Crippen LogP contribution in [0.5, 0.6) is 0 Å². The molecule has 0 spiro atoms. The van der Waals surface area contributed by atoms with Crippen LogP contribution < -0.4 is 5.32 Å². The Balaban J connectivity index is 1.96. The van der Waals surface area contributed by atoms with Gasteiger partial charge >= 0.3 is 0 Å². The predicted octanol–water partition coefficient (Wildman–Crippen LogP) is 4.16. The average Bonchev–Trinajstić information content (AvgIpc) is 2.42. The summed E-state index contributed by atoms with van der Waals surface area (Å²) in [5.74, 6) is 0.0446. The van der Waals surface area contributed by atoms with Crippen LogP contribution in [0.25, 0.3) is 0 Å². The molecule has 1 aliphatic rings. The van der Waals surface area contributed by atoms with Crippen LogP contribution in [0.4, 0.5) is 0 Å². The van der Waals surface area contributed by atoms with Gasteiger partial charge in [-0.05, 0) is 66.4 Å². The predicted molar refractivity (Wildman–Crippen MR) is 85.9 cm³/mol. The molecule has 1 N–H and O–H groups in total. The normalized spacial score (nSPS) is 23.1. The lowest BCUT2D eigenvalue weighted by molar-refractivity contribution is 0.0927. The van der Waals surface area contributed by atoms with Crippen LogP contribution in [0.1, 0.15) is 41.6 Å². The number of benzene rings is 1. The van der Waals surface area contributed by atoms with Crippen molar-refractivity contribution < 1.29 is 4.79 Å². The fourth-order valence-corrected chi connectivity index (χ4v) is 3.72. The highest BCUT2D eigenvalue weighted by atomic mass is 79.9. The number of amides is 1. The van der Waals surface area contributed by atoms with Gasteiger partial charge < -0.3 is 5.32 Å². The van der Waals surface area contributed by atoms with Gasteiger partial charge in [-0.3, -0.25) is 4.79 Å². The maximum atomic E-state index is 12.3. The van der Waals surface area contributed by atoms with Crippen molar-refractivity contribution in [2.45, 2.75) is 43.9 Å². The van der Waals surface area contributed by atoms with Crippen molar-refractivity contribution in [3.05, 3.63) is 33.8 Å². The zero-order valence-electron chi connectivity index (χ0n) is 11.4. The summed E-state index contributed by atoms with van der Waals surface area (Å²) in [6.07, 6.45) is 6.79. The molecule has 1 aliphatic carbocycles. The topological polar surface area (TPSA) is 29.1 Å². The first kappa shape index (κ1) is 14.9. The molecule has 0 atom stereocenters. The van der Waals surface area contributed by atoms with Gasteiger partial charge in [-0.2, -0.15) is 11.8 Å². The Morgan fingerprint density at radius 2 is 2.00 bits per heavy atom. The van der Waals surface area contributed by atoms with E-state index in [0.717, 1.165) is 33.7 Å². The Kier molecular flexibility index (Phi) is 5.34. The van der Waals surface area contributed by atoms with E-state index in [1.165, 1.54) is 12.8 Å². The molecule has 1 fully saturated rings. The molecule has 0 unspecified atom stereocenters. The molecule has 1 amide bonds. The van der Waals surface area contributed by atoms with Gasteiger partial charge in [0.15, 0.2) is 0 Å². The van der Waals surface area contributed by atoms with E-state index in [2.05, 4.69) is 27.5 Å². The summed E-state index contributed by atoms with van der Waals surface area (Å²) in [6, 6.07) is 6.15. The molecule has 1 aromatic rings. The number of rotatable bonds is 3. The summed E-state index contributed by atoms with van der Waals surface area (Å²) < 4.78 is 0.908. The second kappa shape index (κ2) is 6.80. The van der Waals surface area contributed by atoms with Crippen molar-refractivity contribution >= 4 is 33.6 Å². The van der Waals surface area contributed by atoms with E-state index in [1.807, 2.05) is 36.9 Å². The Labute approximate surface area is 127 Å². The van der Waals surface area contributed by atoms with Gasteiger partial charge in [-0.25, -0.2) is 0 Å². The molecule has 19 heavy (non-hydrogen) atoms. The van der Waals surface area contributed by atoms with Crippen LogP contribution in [-0.2, 0) is 0 Å². The molecule has 1 saturated carbocycles. The maximum absolute atomic E-state index is 12.3. The molecule has 0 radical (unpaired) electrons. The summed E-state index contributed by atoms with van der Waals surface area (Å²) in [4.78, 5) is 12.3. The number of aryl methyl sites for hydroxylation is 1. The van der Waals surface area contributed by atoms with Gasteiger partial charge in [0.2, 0.25) is 0 Å². The van der Waals surface area contributed by atoms with Crippen LogP contribution >= 0.6 is 27.7 Å². The van der Waals surface area contributed by atoms with Crippen LogP contribution in [0, 0.1) is 6.92 Å². The summed E-state index contributed by atoms with van der Waals surface area (Å²) in [6.45, 7) is 2.00. The minimum atomic E-state index is 0.0446. The van der Waals surface area contributed by atoms with Crippen molar-refractivity contribution in [3.63, 3.8) is 0 Å². The Hall–Kier alpha value is -0.480. The van der Waals surface area contributed by atoms with E-state index in [1.54, 1.807) is 0 Å². The van der Waals surface area contributed by atoms with Crippen LogP contribution in [0.2, 0.25) is 0 Å². The molecule has 104 valence electrons. The third-order valence-electron chi connectivity index (χ3n) is 3.78. The van der Waals surface area contributed by atoms with Gasteiger partial charge in [0.05, 0.1) is 5.56 Å². The highest BCUT2D eigenvalue weighted by Gasteiger charge is 2.22. The van der Waals surface area contributed by atoms with E-state index in [-0.39, 0.29) is 5.91 Å². The van der Waals surface area contributed by atoms with Gasteiger partial charge in [-0.1, -0.05) is 12.1 Å². The summed E-state index contributed by atoms with van der Waals surface area (Å²) in [5, 5.41) is 3.95.